The first-order valence-electron chi connectivity index (χ1n) is 11.7. The Morgan fingerprint density at radius 2 is 1.30 bits per heavy atom. The molecule has 0 spiro atoms. The number of hydrogen-bond acceptors (Lipinski definition) is 2. The summed E-state index contributed by atoms with van der Waals surface area (Å²) in [6.45, 7) is 5.34. The molecule has 0 saturated heterocycles. The van der Waals surface area contributed by atoms with E-state index in [1.807, 2.05) is 12.1 Å². The Balaban J connectivity index is 2.14. The van der Waals surface area contributed by atoms with Gasteiger partial charge in [0.05, 0.1) is 6.61 Å². The smallest absolute Gasteiger partial charge is 0.122 e. The summed E-state index contributed by atoms with van der Waals surface area (Å²) in [5, 5.41) is 9.47. The predicted octanol–water partition coefficient (Wildman–Crippen LogP) is 8.28. The van der Waals surface area contributed by atoms with Crippen molar-refractivity contribution in [2.24, 2.45) is 5.92 Å². The van der Waals surface area contributed by atoms with Gasteiger partial charge in [-0.1, -0.05) is 103 Å². The zero-order chi connectivity index (χ0) is 19.6. The Labute approximate surface area is 168 Å². The lowest BCUT2D eigenvalue weighted by molar-refractivity contribution is 0.291. The topological polar surface area (TPSA) is 29.5 Å². The van der Waals surface area contributed by atoms with Gasteiger partial charge >= 0.3 is 0 Å². The van der Waals surface area contributed by atoms with Gasteiger partial charge in [0.15, 0.2) is 0 Å². The molecule has 1 aromatic carbocycles. The Morgan fingerprint density at radius 3 is 1.96 bits per heavy atom. The molecule has 0 aromatic heterocycles. The number of phenols is 1. The maximum atomic E-state index is 9.47. The fourth-order valence-corrected chi connectivity index (χ4v) is 3.80. The van der Waals surface area contributed by atoms with Crippen LogP contribution in [0.2, 0.25) is 0 Å². The van der Waals surface area contributed by atoms with Crippen LogP contribution in [0.3, 0.4) is 0 Å². The molecule has 1 aromatic rings. The molecule has 0 aliphatic rings. The SMILES string of the molecule is CCCCCCCCCC(CCCCC)CCCCOc1cccc(O)c1. The first-order chi connectivity index (χ1) is 13.3. The summed E-state index contributed by atoms with van der Waals surface area (Å²) in [5.41, 5.74) is 0. The number of benzene rings is 1. The third-order valence-corrected chi connectivity index (χ3v) is 5.52. The maximum Gasteiger partial charge on any atom is 0.122 e. The van der Waals surface area contributed by atoms with Crippen LogP contribution in [0.25, 0.3) is 0 Å². The molecule has 0 fully saturated rings. The zero-order valence-electron chi connectivity index (χ0n) is 18.1. The molecule has 0 radical (unpaired) electrons. The van der Waals surface area contributed by atoms with E-state index in [1.54, 1.807) is 12.1 Å². The standard InChI is InChI=1S/C25H44O2/c1-3-5-7-8-9-10-12-17-23(16-11-6-4-2)18-13-14-21-27-25-20-15-19-24(26)22-25/h15,19-20,22-23,26H,3-14,16-18,21H2,1-2H3. The quantitative estimate of drug-likeness (QED) is 0.261. The van der Waals surface area contributed by atoms with Crippen molar-refractivity contribution in [2.75, 3.05) is 6.61 Å². The lowest BCUT2D eigenvalue weighted by atomic mass is 9.90. The lowest BCUT2D eigenvalue weighted by Crippen LogP contribution is -2.03. The Hall–Kier alpha value is -1.18. The molecule has 0 aliphatic heterocycles. The van der Waals surface area contributed by atoms with Crippen LogP contribution < -0.4 is 4.74 Å². The number of phenolic OH excluding ortho intramolecular Hbond substituents is 1. The largest absolute Gasteiger partial charge is 0.508 e. The highest BCUT2D eigenvalue weighted by Gasteiger charge is 2.08. The van der Waals surface area contributed by atoms with E-state index >= 15 is 0 Å². The highest BCUT2D eigenvalue weighted by molar-refractivity contribution is 5.31. The van der Waals surface area contributed by atoms with Crippen molar-refractivity contribution in [1.29, 1.82) is 0 Å². The van der Waals surface area contributed by atoms with Crippen LogP contribution in [0, 0.1) is 5.92 Å². The van der Waals surface area contributed by atoms with E-state index in [-0.39, 0.29) is 5.75 Å². The number of ether oxygens (including phenoxy) is 1. The molecule has 1 N–H and O–H groups in total. The van der Waals surface area contributed by atoms with Gasteiger partial charge in [0.25, 0.3) is 0 Å². The van der Waals surface area contributed by atoms with Crippen molar-refractivity contribution in [3.8, 4) is 11.5 Å². The second-order valence-electron chi connectivity index (χ2n) is 8.11. The van der Waals surface area contributed by atoms with Gasteiger partial charge < -0.3 is 9.84 Å². The molecule has 1 atom stereocenters. The van der Waals surface area contributed by atoms with Crippen molar-refractivity contribution < 1.29 is 9.84 Å². The van der Waals surface area contributed by atoms with E-state index in [1.165, 1.54) is 89.9 Å². The van der Waals surface area contributed by atoms with Gasteiger partial charge in [-0.05, 0) is 30.9 Å². The van der Waals surface area contributed by atoms with Gasteiger partial charge in [-0.15, -0.1) is 0 Å². The van der Waals surface area contributed by atoms with Crippen LogP contribution in [0.5, 0.6) is 11.5 Å². The van der Waals surface area contributed by atoms with E-state index in [0.29, 0.717) is 0 Å². The maximum absolute atomic E-state index is 9.47. The summed E-state index contributed by atoms with van der Waals surface area (Å²) in [6, 6.07) is 7.11. The minimum atomic E-state index is 0.276. The van der Waals surface area contributed by atoms with Crippen LogP contribution >= 0.6 is 0 Å². The van der Waals surface area contributed by atoms with Gasteiger partial charge in [0, 0.05) is 6.07 Å². The van der Waals surface area contributed by atoms with Crippen LogP contribution in [0.15, 0.2) is 24.3 Å². The molecular formula is C25H44O2. The van der Waals surface area contributed by atoms with Crippen molar-refractivity contribution in [2.45, 2.75) is 110 Å². The molecular weight excluding hydrogens is 332 g/mol. The minimum absolute atomic E-state index is 0.276. The summed E-state index contributed by atoms with van der Waals surface area (Å²) >= 11 is 0. The van der Waals surface area contributed by atoms with Crippen LogP contribution in [-0.4, -0.2) is 11.7 Å². The summed E-state index contributed by atoms with van der Waals surface area (Å²) in [4.78, 5) is 0. The van der Waals surface area contributed by atoms with E-state index in [0.717, 1.165) is 24.7 Å². The second kappa shape index (κ2) is 17.0. The summed E-state index contributed by atoms with van der Waals surface area (Å²) in [7, 11) is 0. The highest BCUT2D eigenvalue weighted by atomic mass is 16.5. The van der Waals surface area contributed by atoms with E-state index in [9.17, 15) is 5.11 Å². The molecule has 1 rings (SSSR count). The summed E-state index contributed by atoms with van der Waals surface area (Å²) in [6.07, 6.45) is 20.5. The van der Waals surface area contributed by atoms with E-state index in [4.69, 9.17) is 4.74 Å². The van der Waals surface area contributed by atoms with Crippen LogP contribution in [0.4, 0.5) is 0 Å². The average molecular weight is 377 g/mol. The third-order valence-electron chi connectivity index (χ3n) is 5.52. The molecule has 27 heavy (non-hydrogen) atoms. The van der Waals surface area contributed by atoms with Gasteiger partial charge in [0.1, 0.15) is 11.5 Å². The van der Waals surface area contributed by atoms with Crippen molar-refractivity contribution in [3.63, 3.8) is 0 Å². The summed E-state index contributed by atoms with van der Waals surface area (Å²) in [5.74, 6) is 1.96. The number of aromatic hydroxyl groups is 1. The lowest BCUT2D eigenvalue weighted by Gasteiger charge is -2.17. The number of rotatable bonds is 18. The molecule has 1 unspecified atom stereocenters. The van der Waals surface area contributed by atoms with Crippen LogP contribution in [0.1, 0.15) is 110 Å². The van der Waals surface area contributed by atoms with Crippen LogP contribution in [-0.2, 0) is 0 Å². The van der Waals surface area contributed by atoms with Crippen molar-refractivity contribution in [3.05, 3.63) is 24.3 Å². The van der Waals surface area contributed by atoms with Gasteiger partial charge in [0.2, 0.25) is 0 Å². The molecule has 2 heteroatoms. The minimum Gasteiger partial charge on any atom is -0.508 e. The predicted molar refractivity (Wildman–Crippen MR) is 118 cm³/mol. The molecule has 0 saturated carbocycles. The normalized spacial score (nSPS) is 12.2. The highest BCUT2D eigenvalue weighted by Crippen LogP contribution is 2.24. The first-order valence-corrected chi connectivity index (χ1v) is 11.7. The zero-order valence-corrected chi connectivity index (χ0v) is 18.1. The van der Waals surface area contributed by atoms with Gasteiger partial charge in [-0.25, -0.2) is 0 Å². The average Bonchev–Trinajstić information content (AvgIpc) is 2.66. The molecule has 2 nitrogen and oxygen atoms in total. The first kappa shape index (κ1) is 23.9. The van der Waals surface area contributed by atoms with Gasteiger partial charge in [-0.2, -0.15) is 0 Å². The monoisotopic (exact) mass is 376 g/mol. The van der Waals surface area contributed by atoms with E-state index < -0.39 is 0 Å². The second-order valence-corrected chi connectivity index (χ2v) is 8.11. The fraction of sp³-hybridized carbons (Fsp3) is 0.760. The molecule has 0 amide bonds. The number of hydrogen-bond donors (Lipinski definition) is 1. The summed E-state index contributed by atoms with van der Waals surface area (Å²) < 4.78 is 5.75. The number of unbranched alkanes of at least 4 members (excludes halogenated alkanes) is 9. The Kier molecular flexibility index (Phi) is 15.0. The Morgan fingerprint density at radius 1 is 0.741 bits per heavy atom. The molecule has 0 bridgehead atoms. The van der Waals surface area contributed by atoms with Crippen molar-refractivity contribution in [1.82, 2.24) is 0 Å². The Bertz CT molecular complexity index is 444. The third kappa shape index (κ3) is 13.6. The van der Waals surface area contributed by atoms with Gasteiger partial charge in [-0.3, -0.25) is 0 Å². The van der Waals surface area contributed by atoms with E-state index in [2.05, 4.69) is 13.8 Å². The van der Waals surface area contributed by atoms with Crippen molar-refractivity contribution >= 4 is 0 Å². The molecule has 156 valence electrons. The molecule has 0 aliphatic carbocycles. The fourth-order valence-electron chi connectivity index (χ4n) is 3.80. The molecule has 0 heterocycles.